The quantitative estimate of drug-likeness (QED) is 0.818. The third kappa shape index (κ3) is 3.18. The van der Waals surface area contributed by atoms with Crippen LogP contribution in [0.5, 0.6) is 5.75 Å². The Balaban J connectivity index is 2.32. The van der Waals surface area contributed by atoms with E-state index < -0.39 is 11.7 Å². The van der Waals surface area contributed by atoms with Crippen LogP contribution in [0, 0.1) is 17.1 Å². The number of carbonyl (C=O) groups excluding carboxylic acids is 1. The lowest BCUT2D eigenvalue weighted by Crippen LogP contribution is -2.15. The molecule has 2 aromatic carbocycles. The van der Waals surface area contributed by atoms with Gasteiger partial charge < -0.3 is 15.8 Å². The molecule has 2 rings (SSSR count). The summed E-state index contributed by atoms with van der Waals surface area (Å²) in [6.07, 6.45) is 0. The molecule has 0 aromatic heterocycles. The number of nitrogen functional groups attached to an aromatic ring is 1. The first kappa shape index (κ1) is 15.8. The van der Waals surface area contributed by atoms with E-state index >= 15 is 0 Å². The lowest BCUT2D eigenvalue weighted by atomic mass is 10.1. The molecule has 0 saturated carbocycles. The number of amides is 1. The maximum Gasteiger partial charge on any atom is 0.257 e. The first-order valence-corrected chi connectivity index (χ1v) is 6.89. The summed E-state index contributed by atoms with van der Waals surface area (Å²) < 4.78 is 18.9. The van der Waals surface area contributed by atoms with Crippen molar-refractivity contribution in [2.75, 3.05) is 18.2 Å². The second-order valence-corrected chi connectivity index (χ2v) is 5.19. The van der Waals surface area contributed by atoms with Crippen LogP contribution in [-0.4, -0.2) is 13.0 Å². The van der Waals surface area contributed by atoms with E-state index in [0.717, 1.165) is 6.07 Å². The van der Waals surface area contributed by atoms with Crippen LogP contribution in [0.25, 0.3) is 0 Å². The summed E-state index contributed by atoms with van der Waals surface area (Å²) in [5.41, 5.74) is 6.69. The summed E-state index contributed by atoms with van der Waals surface area (Å²) in [7, 11) is 1.35. The van der Waals surface area contributed by atoms with Gasteiger partial charge in [-0.25, -0.2) is 4.39 Å². The van der Waals surface area contributed by atoms with Gasteiger partial charge in [0.05, 0.1) is 30.0 Å². The molecule has 0 saturated heterocycles. The number of methoxy groups -OCH3 is 1. The summed E-state index contributed by atoms with van der Waals surface area (Å²) in [5, 5.41) is 11.5. The van der Waals surface area contributed by atoms with Crippen molar-refractivity contribution in [3.63, 3.8) is 0 Å². The van der Waals surface area contributed by atoms with E-state index in [0.29, 0.717) is 4.47 Å². The number of nitriles is 1. The maximum absolute atomic E-state index is 13.6. The number of anilines is 2. The molecular weight excluding hydrogens is 353 g/mol. The van der Waals surface area contributed by atoms with Crippen LogP contribution in [0.1, 0.15) is 15.9 Å². The van der Waals surface area contributed by atoms with Crippen molar-refractivity contribution in [2.24, 2.45) is 0 Å². The van der Waals surface area contributed by atoms with Gasteiger partial charge >= 0.3 is 0 Å². The average Bonchev–Trinajstić information content (AvgIpc) is 2.50. The van der Waals surface area contributed by atoms with Crippen LogP contribution in [0.4, 0.5) is 15.8 Å². The molecule has 0 unspecified atom stereocenters. The third-order valence-electron chi connectivity index (χ3n) is 2.91. The molecule has 0 atom stereocenters. The minimum Gasteiger partial charge on any atom is -0.494 e. The van der Waals surface area contributed by atoms with Crippen LogP contribution < -0.4 is 15.8 Å². The second-order valence-electron chi connectivity index (χ2n) is 4.33. The van der Waals surface area contributed by atoms with Gasteiger partial charge in [0.15, 0.2) is 11.6 Å². The predicted molar refractivity (Wildman–Crippen MR) is 84.2 cm³/mol. The number of nitrogens with one attached hydrogen (secondary N) is 1. The van der Waals surface area contributed by atoms with Crippen LogP contribution in [0.2, 0.25) is 0 Å². The Morgan fingerprint density at radius 3 is 2.73 bits per heavy atom. The highest BCUT2D eigenvalue weighted by Crippen LogP contribution is 2.27. The highest BCUT2D eigenvalue weighted by atomic mass is 79.9. The number of benzene rings is 2. The Hall–Kier alpha value is -2.59. The van der Waals surface area contributed by atoms with E-state index in [-0.39, 0.29) is 28.3 Å². The number of hydrogen-bond donors (Lipinski definition) is 2. The maximum atomic E-state index is 13.6. The number of carbonyl (C=O) groups is 1. The second kappa shape index (κ2) is 6.45. The molecule has 112 valence electrons. The van der Waals surface area contributed by atoms with Gasteiger partial charge in [-0.3, -0.25) is 4.79 Å². The number of hydrogen-bond acceptors (Lipinski definition) is 4. The van der Waals surface area contributed by atoms with Gasteiger partial charge in [0.1, 0.15) is 0 Å². The fraction of sp³-hybridized carbons (Fsp3) is 0.0667. The minimum absolute atomic E-state index is 0.0757. The molecule has 0 aliphatic rings. The van der Waals surface area contributed by atoms with Gasteiger partial charge in [0, 0.05) is 16.2 Å². The number of nitrogens with two attached hydrogens (primary N) is 1. The third-order valence-corrected chi connectivity index (χ3v) is 3.57. The summed E-state index contributed by atoms with van der Waals surface area (Å²) in [6, 6.07) is 8.85. The summed E-state index contributed by atoms with van der Waals surface area (Å²) in [5.74, 6) is -1.06. The molecule has 22 heavy (non-hydrogen) atoms. The Kier molecular flexibility index (Phi) is 4.63. The number of ether oxygens (including phenoxy) is 1. The van der Waals surface area contributed by atoms with Crippen molar-refractivity contribution in [1.82, 2.24) is 0 Å². The molecule has 2 aromatic rings. The SMILES string of the molecule is COc1ccc(NC(=O)c2cc(C#N)cc(Br)c2N)cc1F. The number of halogens is 2. The molecule has 0 aliphatic heterocycles. The Morgan fingerprint density at radius 2 is 2.14 bits per heavy atom. The van der Waals surface area contributed by atoms with E-state index in [1.807, 2.05) is 6.07 Å². The van der Waals surface area contributed by atoms with E-state index in [2.05, 4.69) is 21.2 Å². The zero-order chi connectivity index (χ0) is 16.3. The first-order chi connectivity index (χ1) is 10.5. The van der Waals surface area contributed by atoms with Crippen LogP contribution in [0.3, 0.4) is 0 Å². The Labute approximate surface area is 134 Å². The van der Waals surface area contributed by atoms with Gasteiger partial charge in [-0.05, 0) is 40.2 Å². The molecule has 3 N–H and O–H groups in total. The zero-order valence-corrected chi connectivity index (χ0v) is 13.1. The lowest BCUT2D eigenvalue weighted by Gasteiger charge is -2.10. The molecule has 5 nitrogen and oxygen atoms in total. The number of rotatable bonds is 3. The summed E-state index contributed by atoms with van der Waals surface area (Å²) >= 11 is 3.19. The highest BCUT2D eigenvalue weighted by molar-refractivity contribution is 9.10. The molecule has 7 heteroatoms. The predicted octanol–water partition coefficient (Wildman–Crippen LogP) is 3.30. The van der Waals surface area contributed by atoms with Crippen LogP contribution in [0.15, 0.2) is 34.8 Å². The molecule has 0 aliphatic carbocycles. The van der Waals surface area contributed by atoms with Gasteiger partial charge in [-0.15, -0.1) is 0 Å². The topological polar surface area (TPSA) is 88.1 Å². The monoisotopic (exact) mass is 363 g/mol. The highest BCUT2D eigenvalue weighted by Gasteiger charge is 2.15. The van der Waals surface area contributed by atoms with Crippen molar-refractivity contribution in [2.45, 2.75) is 0 Å². The van der Waals surface area contributed by atoms with Gasteiger partial charge in [0.2, 0.25) is 0 Å². The average molecular weight is 364 g/mol. The first-order valence-electron chi connectivity index (χ1n) is 6.10. The summed E-state index contributed by atoms with van der Waals surface area (Å²) in [6.45, 7) is 0. The molecule has 0 radical (unpaired) electrons. The van der Waals surface area contributed by atoms with E-state index in [1.54, 1.807) is 0 Å². The Morgan fingerprint density at radius 1 is 1.41 bits per heavy atom. The minimum atomic E-state index is -0.597. The molecule has 1 amide bonds. The van der Waals surface area contributed by atoms with Crippen molar-refractivity contribution in [1.29, 1.82) is 5.26 Å². The Bertz CT molecular complexity index is 787. The van der Waals surface area contributed by atoms with Gasteiger partial charge in [-0.2, -0.15) is 5.26 Å². The van der Waals surface area contributed by atoms with Crippen LogP contribution >= 0.6 is 15.9 Å². The lowest BCUT2D eigenvalue weighted by molar-refractivity contribution is 0.102. The molecule has 0 bridgehead atoms. The largest absolute Gasteiger partial charge is 0.494 e. The molecule has 0 spiro atoms. The van der Waals surface area contributed by atoms with E-state index in [4.69, 9.17) is 15.7 Å². The molecule has 0 heterocycles. The van der Waals surface area contributed by atoms with Crippen molar-refractivity contribution >= 4 is 33.2 Å². The fourth-order valence-corrected chi connectivity index (χ4v) is 2.27. The van der Waals surface area contributed by atoms with Crippen molar-refractivity contribution in [3.05, 3.63) is 51.7 Å². The standard InChI is InChI=1S/C15H11BrFN3O2/c1-22-13-3-2-9(6-12(13)17)20-15(21)10-4-8(7-18)5-11(16)14(10)19/h2-6H,19H2,1H3,(H,20,21). The molecule has 0 fully saturated rings. The van der Waals surface area contributed by atoms with Crippen molar-refractivity contribution < 1.29 is 13.9 Å². The van der Waals surface area contributed by atoms with Crippen molar-refractivity contribution in [3.8, 4) is 11.8 Å². The normalized spacial score (nSPS) is 9.91. The van der Waals surface area contributed by atoms with Gasteiger partial charge in [-0.1, -0.05) is 0 Å². The fourth-order valence-electron chi connectivity index (χ4n) is 1.81. The smallest absolute Gasteiger partial charge is 0.257 e. The number of nitrogens with zero attached hydrogens (tertiary/aromatic N) is 1. The van der Waals surface area contributed by atoms with E-state index in [1.165, 1.54) is 31.4 Å². The summed E-state index contributed by atoms with van der Waals surface area (Å²) in [4.78, 5) is 12.2. The molecular formula is C15H11BrFN3O2. The van der Waals surface area contributed by atoms with Gasteiger partial charge in [0.25, 0.3) is 5.91 Å². The van der Waals surface area contributed by atoms with Crippen LogP contribution in [-0.2, 0) is 0 Å². The zero-order valence-electron chi connectivity index (χ0n) is 11.5. The van der Waals surface area contributed by atoms with E-state index in [9.17, 15) is 9.18 Å².